The Balaban J connectivity index is 1.97. The molecular formula is C16H21N3O2. The molecule has 0 radical (unpaired) electrons. The second-order valence-corrected chi connectivity index (χ2v) is 5.67. The smallest absolute Gasteiger partial charge is 0.256 e. The van der Waals surface area contributed by atoms with Gasteiger partial charge in [-0.05, 0) is 31.5 Å². The van der Waals surface area contributed by atoms with Crippen LogP contribution in [0, 0.1) is 0 Å². The number of hydrogen-bond acceptors (Lipinski definition) is 3. The summed E-state index contributed by atoms with van der Waals surface area (Å²) in [5.41, 5.74) is 8.13. The number of nitrogen functional groups attached to an aromatic ring is 1. The molecule has 0 spiro atoms. The molecule has 3 rings (SSSR count). The zero-order valence-corrected chi connectivity index (χ0v) is 12.4. The van der Waals surface area contributed by atoms with Crippen molar-refractivity contribution in [2.75, 3.05) is 18.9 Å². The van der Waals surface area contributed by atoms with E-state index in [-0.39, 0.29) is 18.1 Å². The van der Waals surface area contributed by atoms with Crippen LogP contribution in [-0.4, -0.2) is 41.1 Å². The summed E-state index contributed by atoms with van der Waals surface area (Å²) in [5.74, 6) is 0.0499. The fraction of sp³-hybridized carbons (Fsp3) is 0.438. The van der Waals surface area contributed by atoms with Gasteiger partial charge in [0, 0.05) is 29.3 Å². The molecule has 0 aliphatic carbocycles. The fourth-order valence-corrected chi connectivity index (χ4v) is 2.90. The summed E-state index contributed by atoms with van der Waals surface area (Å²) >= 11 is 0. The van der Waals surface area contributed by atoms with Gasteiger partial charge in [-0.1, -0.05) is 6.92 Å². The maximum atomic E-state index is 12.9. The third-order valence-corrected chi connectivity index (χ3v) is 4.14. The zero-order valence-electron chi connectivity index (χ0n) is 12.4. The Morgan fingerprint density at radius 2 is 2.33 bits per heavy atom. The van der Waals surface area contributed by atoms with Crippen molar-refractivity contribution < 1.29 is 9.53 Å². The summed E-state index contributed by atoms with van der Waals surface area (Å²) in [4.78, 5) is 18.0. The fourth-order valence-electron chi connectivity index (χ4n) is 2.90. The first-order valence-corrected chi connectivity index (χ1v) is 7.39. The molecule has 1 amide bonds. The van der Waals surface area contributed by atoms with Crippen LogP contribution in [-0.2, 0) is 4.74 Å². The Kier molecular flexibility index (Phi) is 3.59. The lowest BCUT2D eigenvalue weighted by molar-refractivity contribution is -0.0443. The number of aromatic nitrogens is 1. The summed E-state index contributed by atoms with van der Waals surface area (Å²) in [7, 11) is 0. The van der Waals surface area contributed by atoms with Crippen molar-refractivity contribution >= 4 is 22.5 Å². The van der Waals surface area contributed by atoms with E-state index in [0.717, 1.165) is 17.3 Å². The SMILES string of the molecule is CCC1COC(C)CN1C(=O)c1c[nH]c2ccc(N)cc12. The molecule has 21 heavy (non-hydrogen) atoms. The average Bonchev–Trinajstić information content (AvgIpc) is 2.89. The third kappa shape index (κ3) is 2.49. The molecule has 2 aromatic rings. The van der Waals surface area contributed by atoms with E-state index in [9.17, 15) is 4.79 Å². The van der Waals surface area contributed by atoms with Crippen molar-refractivity contribution in [3.8, 4) is 0 Å². The van der Waals surface area contributed by atoms with Crippen molar-refractivity contribution in [2.45, 2.75) is 32.4 Å². The number of ether oxygens (including phenoxy) is 1. The molecule has 5 heteroatoms. The molecule has 2 unspecified atom stereocenters. The van der Waals surface area contributed by atoms with Crippen LogP contribution in [0.2, 0.25) is 0 Å². The van der Waals surface area contributed by atoms with Gasteiger partial charge in [0.05, 0.1) is 24.3 Å². The summed E-state index contributed by atoms with van der Waals surface area (Å²) in [5, 5.41) is 0.883. The molecule has 1 saturated heterocycles. The number of hydrogen-bond donors (Lipinski definition) is 2. The van der Waals surface area contributed by atoms with Crippen LogP contribution < -0.4 is 5.73 Å². The Hall–Kier alpha value is -2.01. The highest BCUT2D eigenvalue weighted by atomic mass is 16.5. The number of aromatic amines is 1. The number of nitrogens with two attached hydrogens (primary N) is 1. The van der Waals surface area contributed by atoms with Gasteiger partial charge in [0.15, 0.2) is 0 Å². The summed E-state index contributed by atoms with van der Waals surface area (Å²) in [6, 6.07) is 5.73. The third-order valence-electron chi connectivity index (χ3n) is 4.14. The van der Waals surface area contributed by atoms with Crippen molar-refractivity contribution in [3.05, 3.63) is 30.0 Å². The molecule has 3 N–H and O–H groups in total. The van der Waals surface area contributed by atoms with Crippen LogP contribution in [0.5, 0.6) is 0 Å². The van der Waals surface area contributed by atoms with Crippen LogP contribution >= 0.6 is 0 Å². The highest BCUT2D eigenvalue weighted by molar-refractivity contribution is 6.07. The minimum Gasteiger partial charge on any atom is -0.399 e. The molecule has 1 aliphatic heterocycles. The first kappa shape index (κ1) is 13.9. The second kappa shape index (κ2) is 5.41. The number of nitrogens with one attached hydrogen (secondary N) is 1. The standard InChI is InChI=1S/C16H21N3O2/c1-3-12-9-21-10(2)8-19(12)16(20)14-7-18-15-5-4-11(17)6-13(14)15/h4-7,10,12,18H,3,8-9,17H2,1-2H3. The maximum absolute atomic E-state index is 12.9. The van der Waals surface area contributed by atoms with E-state index in [1.165, 1.54) is 0 Å². The van der Waals surface area contributed by atoms with E-state index in [1.54, 1.807) is 6.20 Å². The Morgan fingerprint density at radius 3 is 3.10 bits per heavy atom. The van der Waals surface area contributed by atoms with Gasteiger partial charge < -0.3 is 20.4 Å². The lowest BCUT2D eigenvalue weighted by Gasteiger charge is -2.38. The number of rotatable bonds is 2. The van der Waals surface area contributed by atoms with Gasteiger partial charge in [-0.25, -0.2) is 0 Å². The van der Waals surface area contributed by atoms with E-state index in [2.05, 4.69) is 11.9 Å². The molecule has 1 aromatic carbocycles. The molecular weight excluding hydrogens is 266 g/mol. The molecule has 112 valence electrons. The quantitative estimate of drug-likeness (QED) is 0.833. The first-order valence-electron chi connectivity index (χ1n) is 7.39. The molecule has 0 bridgehead atoms. The Morgan fingerprint density at radius 1 is 1.52 bits per heavy atom. The van der Waals surface area contributed by atoms with E-state index in [4.69, 9.17) is 10.5 Å². The van der Waals surface area contributed by atoms with Crippen LogP contribution in [0.4, 0.5) is 5.69 Å². The Bertz CT molecular complexity index is 665. The molecule has 1 fully saturated rings. The van der Waals surface area contributed by atoms with E-state index < -0.39 is 0 Å². The van der Waals surface area contributed by atoms with Gasteiger partial charge >= 0.3 is 0 Å². The average molecular weight is 287 g/mol. The summed E-state index contributed by atoms with van der Waals surface area (Å²) in [6.07, 6.45) is 2.74. The highest BCUT2D eigenvalue weighted by Gasteiger charge is 2.31. The van der Waals surface area contributed by atoms with E-state index >= 15 is 0 Å². The Labute approximate surface area is 124 Å². The molecule has 0 saturated carbocycles. The number of amides is 1. The molecule has 1 aromatic heterocycles. The minimum absolute atomic E-state index is 0.0499. The van der Waals surface area contributed by atoms with Gasteiger partial charge in [0.25, 0.3) is 5.91 Å². The van der Waals surface area contributed by atoms with Gasteiger partial charge in [0.1, 0.15) is 0 Å². The van der Waals surface area contributed by atoms with Gasteiger partial charge in [0.2, 0.25) is 0 Å². The summed E-state index contributed by atoms with van der Waals surface area (Å²) in [6.45, 7) is 5.32. The largest absolute Gasteiger partial charge is 0.399 e. The van der Waals surface area contributed by atoms with Crippen LogP contribution in [0.25, 0.3) is 10.9 Å². The second-order valence-electron chi connectivity index (χ2n) is 5.67. The highest BCUT2D eigenvalue weighted by Crippen LogP contribution is 2.25. The molecule has 5 nitrogen and oxygen atoms in total. The predicted octanol–water partition coefficient (Wildman–Crippen LogP) is 2.39. The van der Waals surface area contributed by atoms with Crippen molar-refractivity contribution in [3.63, 3.8) is 0 Å². The number of nitrogens with zero attached hydrogens (tertiary/aromatic N) is 1. The predicted molar refractivity (Wildman–Crippen MR) is 83.2 cm³/mol. The minimum atomic E-state index is 0.0499. The molecule has 2 heterocycles. The lowest BCUT2D eigenvalue weighted by atomic mass is 10.1. The van der Waals surface area contributed by atoms with Crippen LogP contribution in [0.1, 0.15) is 30.6 Å². The van der Waals surface area contributed by atoms with Crippen molar-refractivity contribution in [1.29, 1.82) is 0 Å². The molecule has 1 aliphatic rings. The van der Waals surface area contributed by atoms with Crippen LogP contribution in [0.3, 0.4) is 0 Å². The van der Waals surface area contributed by atoms with Gasteiger partial charge in [-0.3, -0.25) is 4.79 Å². The number of carbonyl (C=O) groups is 1. The van der Waals surface area contributed by atoms with Gasteiger partial charge in [-0.15, -0.1) is 0 Å². The summed E-state index contributed by atoms with van der Waals surface area (Å²) < 4.78 is 5.66. The topological polar surface area (TPSA) is 71.3 Å². The number of H-pyrrole nitrogens is 1. The van der Waals surface area contributed by atoms with E-state index in [0.29, 0.717) is 24.4 Å². The van der Waals surface area contributed by atoms with Crippen molar-refractivity contribution in [1.82, 2.24) is 9.88 Å². The number of anilines is 1. The first-order chi connectivity index (χ1) is 10.1. The van der Waals surface area contributed by atoms with Crippen molar-refractivity contribution in [2.24, 2.45) is 0 Å². The van der Waals surface area contributed by atoms with E-state index in [1.807, 2.05) is 30.0 Å². The number of morpholine rings is 1. The maximum Gasteiger partial charge on any atom is 0.256 e. The lowest BCUT2D eigenvalue weighted by Crippen LogP contribution is -2.51. The normalized spacial score (nSPS) is 22.7. The number of benzene rings is 1. The molecule has 2 atom stereocenters. The van der Waals surface area contributed by atoms with Gasteiger partial charge in [-0.2, -0.15) is 0 Å². The monoisotopic (exact) mass is 287 g/mol. The number of fused-ring (bicyclic) bond motifs is 1. The van der Waals surface area contributed by atoms with Crippen LogP contribution in [0.15, 0.2) is 24.4 Å². The zero-order chi connectivity index (χ0) is 15.0. The number of carbonyl (C=O) groups excluding carboxylic acids is 1.